The van der Waals surface area contributed by atoms with Gasteiger partial charge >= 0.3 is 0 Å². The first-order valence-electron chi connectivity index (χ1n) is 6.68. The lowest BCUT2D eigenvalue weighted by atomic mass is 10.00. The van der Waals surface area contributed by atoms with Crippen molar-refractivity contribution in [2.75, 3.05) is 18.1 Å². The Morgan fingerprint density at radius 2 is 2.39 bits per heavy atom. The van der Waals surface area contributed by atoms with Gasteiger partial charge in [-0.05, 0) is 26.2 Å². The lowest BCUT2D eigenvalue weighted by Crippen LogP contribution is -2.46. The van der Waals surface area contributed by atoms with Crippen molar-refractivity contribution in [2.45, 2.75) is 45.2 Å². The van der Waals surface area contributed by atoms with Crippen LogP contribution in [-0.4, -0.2) is 35.2 Å². The molecule has 5 nitrogen and oxygen atoms in total. The van der Waals surface area contributed by atoms with Gasteiger partial charge in [-0.15, -0.1) is 0 Å². The van der Waals surface area contributed by atoms with Crippen molar-refractivity contribution in [2.24, 2.45) is 5.73 Å². The molecule has 0 amide bonds. The van der Waals surface area contributed by atoms with Crippen LogP contribution >= 0.6 is 0 Å². The number of hydrogen-bond donors (Lipinski definition) is 1. The van der Waals surface area contributed by atoms with E-state index in [9.17, 15) is 0 Å². The van der Waals surface area contributed by atoms with Crippen LogP contribution in [0.3, 0.4) is 0 Å². The second-order valence-electron chi connectivity index (χ2n) is 4.87. The molecule has 1 fully saturated rings. The molecule has 0 radical (unpaired) electrons. The van der Waals surface area contributed by atoms with Gasteiger partial charge in [-0.1, -0.05) is 6.92 Å². The summed E-state index contributed by atoms with van der Waals surface area (Å²) in [6, 6.07) is 2.49. The van der Waals surface area contributed by atoms with Crippen molar-refractivity contribution >= 4 is 5.95 Å². The van der Waals surface area contributed by atoms with Crippen molar-refractivity contribution in [1.29, 1.82) is 0 Å². The standard InChI is InChI=1S/C13H22N4O/c1-3-8-18-12-4-6-15-13(16-12)17-7-5-11(14)9-10(17)2/h4,6,10-11H,3,5,7-9,14H2,1-2H3. The summed E-state index contributed by atoms with van der Waals surface area (Å²) in [4.78, 5) is 11.0. The number of nitrogens with zero attached hydrogens (tertiary/aromatic N) is 3. The van der Waals surface area contributed by atoms with Crippen molar-refractivity contribution in [1.82, 2.24) is 9.97 Å². The van der Waals surface area contributed by atoms with Gasteiger partial charge in [0.25, 0.3) is 0 Å². The zero-order valence-electron chi connectivity index (χ0n) is 11.2. The van der Waals surface area contributed by atoms with E-state index in [2.05, 4.69) is 28.7 Å². The van der Waals surface area contributed by atoms with Gasteiger partial charge in [-0.2, -0.15) is 4.98 Å². The average molecular weight is 250 g/mol. The van der Waals surface area contributed by atoms with Crippen LogP contribution in [0.15, 0.2) is 12.3 Å². The van der Waals surface area contributed by atoms with Crippen LogP contribution in [0.25, 0.3) is 0 Å². The molecule has 1 saturated heterocycles. The average Bonchev–Trinajstić information content (AvgIpc) is 2.36. The summed E-state index contributed by atoms with van der Waals surface area (Å²) in [7, 11) is 0. The Bertz CT molecular complexity index is 385. The number of hydrogen-bond acceptors (Lipinski definition) is 5. The molecule has 0 aromatic carbocycles. The summed E-state index contributed by atoms with van der Waals surface area (Å²) in [6.07, 6.45) is 4.72. The molecule has 1 aromatic rings. The molecular weight excluding hydrogens is 228 g/mol. The van der Waals surface area contributed by atoms with Crippen molar-refractivity contribution in [3.05, 3.63) is 12.3 Å². The van der Waals surface area contributed by atoms with Gasteiger partial charge in [0.2, 0.25) is 11.8 Å². The minimum absolute atomic E-state index is 0.302. The number of aromatic nitrogens is 2. The van der Waals surface area contributed by atoms with Crippen LogP contribution in [0.1, 0.15) is 33.1 Å². The summed E-state index contributed by atoms with van der Waals surface area (Å²) >= 11 is 0. The van der Waals surface area contributed by atoms with Gasteiger partial charge in [-0.3, -0.25) is 0 Å². The Labute approximate surface area is 108 Å². The van der Waals surface area contributed by atoms with Gasteiger partial charge in [0.1, 0.15) is 0 Å². The predicted molar refractivity (Wildman–Crippen MR) is 71.8 cm³/mol. The molecule has 0 saturated carbocycles. The van der Waals surface area contributed by atoms with E-state index in [4.69, 9.17) is 10.5 Å². The highest BCUT2D eigenvalue weighted by atomic mass is 16.5. The third-order valence-corrected chi connectivity index (χ3v) is 3.24. The number of nitrogens with two attached hydrogens (primary N) is 1. The summed E-state index contributed by atoms with van der Waals surface area (Å²) in [6.45, 7) is 5.86. The zero-order valence-corrected chi connectivity index (χ0v) is 11.2. The molecule has 1 aliphatic rings. The lowest BCUT2D eigenvalue weighted by Gasteiger charge is -2.36. The molecule has 1 aliphatic heterocycles. The largest absolute Gasteiger partial charge is 0.478 e. The monoisotopic (exact) mass is 250 g/mol. The molecule has 18 heavy (non-hydrogen) atoms. The van der Waals surface area contributed by atoms with Gasteiger partial charge in [0.05, 0.1) is 6.61 Å². The molecule has 100 valence electrons. The first-order chi connectivity index (χ1) is 8.70. The Morgan fingerprint density at radius 1 is 1.56 bits per heavy atom. The summed E-state index contributed by atoms with van der Waals surface area (Å²) < 4.78 is 5.54. The summed E-state index contributed by atoms with van der Waals surface area (Å²) in [5.41, 5.74) is 5.97. The highest BCUT2D eigenvalue weighted by Gasteiger charge is 2.25. The number of rotatable bonds is 4. The second-order valence-corrected chi connectivity index (χ2v) is 4.87. The quantitative estimate of drug-likeness (QED) is 0.879. The van der Waals surface area contributed by atoms with Gasteiger partial charge in [-0.25, -0.2) is 4.98 Å². The highest BCUT2D eigenvalue weighted by molar-refractivity contribution is 5.34. The van der Waals surface area contributed by atoms with Crippen molar-refractivity contribution in [3.8, 4) is 5.88 Å². The van der Waals surface area contributed by atoms with Gasteiger partial charge in [0, 0.05) is 30.9 Å². The van der Waals surface area contributed by atoms with E-state index in [1.807, 2.05) is 0 Å². The minimum Gasteiger partial charge on any atom is -0.478 e. The third-order valence-electron chi connectivity index (χ3n) is 3.24. The maximum absolute atomic E-state index is 5.97. The van der Waals surface area contributed by atoms with Crippen LogP contribution in [0.4, 0.5) is 5.95 Å². The topological polar surface area (TPSA) is 64.3 Å². The molecule has 0 aliphatic carbocycles. The SMILES string of the molecule is CCCOc1ccnc(N2CCC(N)CC2C)n1. The van der Waals surface area contributed by atoms with Crippen LogP contribution in [0.5, 0.6) is 5.88 Å². The number of ether oxygens (including phenoxy) is 1. The van der Waals surface area contributed by atoms with E-state index in [-0.39, 0.29) is 0 Å². The molecule has 2 unspecified atom stereocenters. The molecular formula is C13H22N4O. The van der Waals surface area contributed by atoms with E-state index in [1.54, 1.807) is 12.3 Å². The van der Waals surface area contributed by atoms with Crippen LogP contribution in [-0.2, 0) is 0 Å². The van der Waals surface area contributed by atoms with E-state index >= 15 is 0 Å². The fourth-order valence-electron chi connectivity index (χ4n) is 2.26. The Kier molecular flexibility index (Phi) is 4.36. The first-order valence-corrected chi connectivity index (χ1v) is 6.68. The Hall–Kier alpha value is -1.36. The third kappa shape index (κ3) is 3.10. The molecule has 0 spiro atoms. The Morgan fingerprint density at radius 3 is 3.11 bits per heavy atom. The van der Waals surface area contributed by atoms with Crippen LogP contribution in [0.2, 0.25) is 0 Å². The van der Waals surface area contributed by atoms with Crippen molar-refractivity contribution in [3.63, 3.8) is 0 Å². The number of piperidine rings is 1. The molecule has 2 rings (SSSR count). The first kappa shape index (κ1) is 13.1. The smallest absolute Gasteiger partial charge is 0.228 e. The lowest BCUT2D eigenvalue weighted by molar-refractivity contribution is 0.304. The van der Waals surface area contributed by atoms with E-state index in [0.29, 0.717) is 24.6 Å². The molecule has 1 aromatic heterocycles. The predicted octanol–water partition coefficient (Wildman–Crippen LogP) is 1.58. The normalized spacial score (nSPS) is 24.1. The minimum atomic E-state index is 0.302. The maximum Gasteiger partial charge on any atom is 0.228 e. The maximum atomic E-state index is 5.97. The highest BCUT2D eigenvalue weighted by Crippen LogP contribution is 2.22. The molecule has 2 atom stereocenters. The molecule has 2 N–H and O–H groups in total. The van der Waals surface area contributed by atoms with E-state index in [1.165, 1.54) is 0 Å². The fourth-order valence-corrected chi connectivity index (χ4v) is 2.26. The fraction of sp³-hybridized carbons (Fsp3) is 0.692. The molecule has 5 heteroatoms. The zero-order chi connectivity index (χ0) is 13.0. The summed E-state index contributed by atoms with van der Waals surface area (Å²) in [5.74, 6) is 1.41. The van der Waals surface area contributed by atoms with Crippen molar-refractivity contribution < 1.29 is 4.74 Å². The Balaban J connectivity index is 2.07. The summed E-state index contributed by atoms with van der Waals surface area (Å²) in [5, 5.41) is 0. The van der Waals surface area contributed by atoms with Crippen LogP contribution < -0.4 is 15.4 Å². The molecule has 0 bridgehead atoms. The van der Waals surface area contributed by atoms with E-state index < -0.39 is 0 Å². The van der Waals surface area contributed by atoms with Gasteiger partial charge in [0.15, 0.2) is 0 Å². The second kappa shape index (κ2) is 6.00. The van der Waals surface area contributed by atoms with E-state index in [0.717, 1.165) is 31.8 Å². The van der Waals surface area contributed by atoms with Crippen LogP contribution in [0, 0.1) is 0 Å². The van der Waals surface area contributed by atoms with Gasteiger partial charge < -0.3 is 15.4 Å². The number of anilines is 1. The molecule has 2 heterocycles.